The van der Waals surface area contributed by atoms with Crippen LogP contribution in [0.25, 0.3) is 11.1 Å². The van der Waals surface area contributed by atoms with Crippen molar-refractivity contribution in [2.45, 2.75) is 63.5 Å². The maximum absolute atomic E-state index is 15.6. The monoisotopic (exact) mass is 641 g/mol. The zero-order valence-corrected chi connectivity index (χ0v) is 25.9. The van der Waals surface area contributed by atoms with Crippen LogP contribution in [0, 0.1) is 17.1 Å². The van der Waals surface area contributed by atoms with Gasteiger partial charge in [-0.25, -0.2) is 4.39 Å². The zero-order valence-electron chi connectivity index (χ0n) is 25.1. The number of nitrogens with zero attached hydrogens (tertiary/aromatic N) is 2. The number of fused-ring (bicyclic) bond motifs is 2. The number of pyridine rings is 1. The van der Waals surface area contributed by atoms with E-state index in [1.807, 2.05) is 24.3 Å². The highest BCUT2D eigenvalue weighted by Crippen LogP contribution is 2.45. The van der Waals surface area contributed by atoms with Gasteiger partial charge in [-0.05, 0) is 73.1 Å². The first-order valence-electron chi connectivity index (χ1n) is 15.6. The molecule has 2 heterocycles. The van der Waals surface area contributed by atoms with E-state index in [1.165, 1.54) is 6.20 Å². The van der Waals surface area contributed by atoms with Crippen LogP contribution in [0.4, 0.5) is 4.39 Å². The Labute approximate surface area is 271 Å². The van der Waals surface area contributed by atoms with Gasteiger partial charge in [0.1, 0.15) is 43.5 Å². The van der Waals surface area contributed by atoms with Crippen LogP contribution < -0.4 is 24.3 Å². The first-order valence-corrected chi connectivity index (χ1v) is 15.9. The molecule has 46 heavy (non-hydrogen) atoms. The number of hydrogen-bond acceptors (Lipinski definition) is 8. The molecular weight excluding hydrogens is 609 g/mol. The van der Waals surface area contributed by atoms with Crippen molar-refractivity contribution < 1.29 is 28.4 Å². The van der Waals surface area contributed by atoms with Gasteiger partial charge in [0.2, 0.25) is 0 Å². The van der Waals surface area contributed by atoms with E-state index >= 15 is 4.39 Å². The standard InChI is InChI=1S/C36H33ClFN3O5/c37-28-14-23(19-41-29-5-2-6-30(29)42)33(45-20-22-13-21(16-39)17-40-18-22)15-34(28)46-31-9-7-25-24(3-1-4-26(25)31)27-8-10-32-36(35(27)38)44-12-11-43-32/h1,3-4,8,10,13-15,17-18,29-31,41-42H,2,5-7,9,11-12,19-20H2/t29-,30?,31+/m1/s1. The van der Waals surface area contributed by atoms with Crippen LogP contribution in [-0.2, 0) is 19.6 Å². The third kappa shape index (κ3) is 6.08. The molecule has 3 aliphatic rings. The van der Waals surface area contributed by atoms with E-state index in [1.54, 1.807) is 30.5 Å². The van der Waals surface area contributed by atoms with Gasteiger partial charge in [0.15, 0.2) is 17.3 Å². The molecule has 3 aromatic carbocycles. The van der Waals surface area contributed by atoms with E-state index < -0.39 is 5.82 Å². The summed E-state index contributed by atoms with van der Waals surface area (Å²) in [7, 11) is 0. The molecule has 0 spiro atoms. The van der Waals surface area contributed by atoms with Crippen LogP contribution >= 0.6 is 11.6 Å². The number of halogens is 2. The van der Waals surface area contributed by atoms with Gasteiger partial charge in [0.05, 0.1) is 16.7 Å². The summed E-state index contributed by atoms with van der Waals surface area (Å²) in [4.78, 5) is 4.14. The van der Waals surface area contributed by atoms with Gasteiger partial charge >= 0.3 is 0 Å². The highest BCUT2D eigenvalue weighted by atomic mass is 35.5. The van der Waals surface area contributed by atoms with E-state index in [9.17, 15) is 10.4 Å². The molecular formula is C36H33ClFN3O5. The lowest BCUT2D eigenvalue weighted by Crippen LogP contribution is -2.35. The summed E-state index contributed by atoms with van der Waals surface area (Å²) in [6.45, 7) is 1.35. The van der Waals surface area contributed by atoms with Gasteiger partial charge in [-0.15, -0.1) is 0 Å². The maximum Gasteiger partial charge on any atom is 0.197 e. The topological polar surface area (TPSA) is 106 Å². The van der Waals surface area contributed by atoms with Gasteiger partial charge in [-0.2, -0.15) is 5.26 Å². The van der Waals surface area contributed by atoms with Crippen LogP contribution in [0.1, 0.15) is 59.6 Å². The third-order valence-corrected chi connectivity index (χ3v) is 9.19. The number of aliphatic hydroxyl groups excluding tert-OH is 1. The molecule has 2 aliphatic carbocycles. The summed E-state index contributed by atoms with van der Waals surface area (Å²) in [5.41, 5.74) is 5.30. The predicted octanol–water partition coefficient (Wildman–Crippen LogP) is 6.83. The quantitative estimate of drug-likeness (QED) is 0.205. The molecule has 7 rings (SSSR count). The zero-order chi connectivity index (χ0) is 31.6. The SMILES string of the molecule is N#Cc1cncc(COc2cc(O[C@H]3CCc4c(-c5ccc6c(c5F)OCCO6)cccc43)c(Cl)cc2CN[C@@H]2CCCC2O)c1. The van der Waals surface area contributed by atoms with Crippen molar-refractivity contribution in [1.29, 1.82) is 5.26 Å². The predicted molar refractivity (Wildman–Crippen MR) is 170 cm³/mol. The average Bonchev–Trinajstić information content (AvgIpc) is 3.70. The Balaban J connectivity index is 1.16. The molecule has 236 valence electrons. The number of nitrogens with one attached hydrogen (secondary N) is 1. The molecule has 10 heteroatoms. The van der Waals surface area contributed by atoms with Gasteiger partial charge in [0, 0.05) is 47.7 Å². The number of ether oxygens (including phenoxy) is 4. The highest BCUT2D eigenvalue weighted by molar-refractivity contribution is 6.32. The molecule has 3 atom stereocenters. The third-order valence-electron chi connectivity index (χ3n) is 8.89. The molecule has 4 aromatic rings. The largest absolute Gasteiger partial charge is 0.488 e. The molecule has 1 unspecified atom stereocenters. The lowest BCUT2D eigenvalue weighted by Gasteiger charge is -2.22. The molecule has 1 fully saturated rings. The summed E-state index contributed by atoms with van der Waals surface area (Å²) >= 11 is 6.82. The average molecular weight is 642 g/mol. The molecule has 0 radical (unpaired) electrons. The Morgan fingerprint density at radius 2 is 1.93 bits per heavy atom. The van der Waals surface area contributed by atoms with Crippen molar-refractivity contribution in [2.75, 3.05) is 13.2 Å². The minimum absolute atomic E-state index is 0.00212. The normalized spacial score (nSPS) is 19.8. The number of hydrogen-bond donors (Lipinski definition) is 2. The first-order chi connectivity index (χ1) is 22.5. The van der Waals surface area contributed by atoms with E-state index in [4.69, 9.17) is 30.5 Å². The molecule has 1 aliphatic heterocycles. The van der Waals surface area contributed by atoms with Crippen molar-refractivity contribution in [3.63, 3.8) is 0 Å². The highest BCUT2D eigenvalue weighted by Gasteiger charge is 2.30. The Hall–Kier alpha value is -4.36. The fraction of sp³-hybridized carbons (Fsp3) is 0.333. The molecule has 8 nitrogen and oxygen atoms in total. The minimum atomic E-state index is -0.426. The Kier molecular flexibility index (Phi) is 8.67. The van der Waals surface area contributed by atoms with Crippen LogP contribution in [0.15, 0.2) is 60.9 Å². The summed E-state index contributed by atoms with van der Waals surface area (Å²) < 4.78 is 39.6. The van der Waals surface area contributed by atoms with Gasteiger partial charge in [0.25, 0.3) is 0 Å². The molecule has 0 amide bonds. The molecule has 1 saturated carbocycles. The second kappa shape index (κ2) is 13.2. The van der Waals surface area contributed by atoms with Crippen LogP contribution in [-0.4, -0.2) is 35.5 Å². The smallest absolute Gasteiger partial charge is 0.197 e. The number of rotatable bonds is 9. The van der Waals surface area contributed by atoms with Gasteiger partial charge in [-0.1, -0.05) is 29.8 Å². The fourth-order valence-electron chi connectivity index (χ4n) is 6.58. The Morgan fingerprint density at radius 1 is 1.04 bits per heavy atom. The van der Waals surface area contributed by atoms with Crippen molar-refractivity contribution in [2.24, 2.45) is 0 Å². The van der Waals surface area contributed by atoms with Crippen molar-refractivity contribution in [3.05, 3.63) is 99.6 Å². The summed E-state index contributed by atoms with van der Waals surface area (Å²) in [6.07, 6.45) is 6.55. The lowest BCUT2D eigenvalue weighted by atomic mass is 9.96. The van der Waals surface area contributed by atoms with Crippen molar-refractivity contribution >= 4 is 11.6 Å². The van der Waals surface area contributed by atoms with Crippen LogP contribution in [0.3, 0.4) is 0 Å². The number of aliphatic hydroxyl groups is 1. The Bertz CT molecular complexity index is 1810. The number of benzene rings is 3. The first kappa shape index (κ1) is 30.3. The van der Waals surface area contributed by atoms with Gasteiger partial charge in [-0.3, -0.25) is 4.98 Å². The summed E-state index contributed by atoms with van der Waals surface area (Å²) in [6, 6.07) is 16.8. The van der Waals surface area contributed by atoms with Crippen LogP contribution in [0.2, 0.25) is 5.02 Å². The van der Waals surface area contributed by atoms with E-state index in [2.05, 4.69) is 16.4 Å². The number of nitriles is 1. The summed E-state index contributed by atoms with van der Waals surface area (Å²) in [5.74, 6) is 1.19. The van der Waals surface area contributed by atoms with E-state index in [-0.39, 0.29) is 30.6 Å². The van der Waals surface area contributed by atoms with Gasteiger partial charge < -0.3 is 29.4 Å². The second-order valence-electron chi connectivity index (χ2n) is 11.8. The minimum Gasteiger partial charge on any atom is -0.488 e. The molecule has 0 saturated heterocycles. The maximum atomic E-state index is 15.6. The van der Waals surface area contributed by atoms with Crippen LogP contribution in [0.5, 0.6) is 23.0 Å². The van der Waals surface area contributed by atoms with E-state index in [0.29, 0.717) is 66.0 Å². The molecule has 1 aromatic heterocycles. The second-order valence-corrected chi connectivity index (χ2v) is 12.2. The van der Waals surface area contributed by atoms with Crippen molar-refractivity contribution in [1.82, 2.24) is 10.3 Å². The molecule has 2 N–H and O–H groups in total. The molecule has 0 bridgehead atoms. The summed E-state index contributed by atoms with van der Waals surface area (Å²) in [5, 5.41) is 23.5. The van der Waals surface area contributed by atoms with E-state index in [0.717, 1.165) is 47.1 Å². The fourth-order valence-corrected chi connectivity index (χ4v) is 6.81. The Morgan fingerprint density at radius 3 is 2.78 bits per heavy atom. The lowest BCUT2D eigenvalue weighted by molar-refractivity contribution is 0.148. The van der Waals surface area contributed by atoms with Crippen molar-refractivity contribution in [3.8, 4) is 40.2 Å². The number of aromatic nitrogens is 1.